The number of nitrogens with zero attached hydrogens (tertiary/aromatic N) is 2. The van der Waals surface area contributed by atoms with Crippen LogP contribution < -0.4 is 4.90 Å². The van der Waals surface area contributed by atoms with Crippen LogP contribution in [0.2, 0.25) is 0 Å². The second-order valence-electron chi connectivity index (χ2n) is 6.43. The van der Waals surface area contributed by atoms with Crippen molar-refractivity contribution in [3.63, 3.8) is 0 Å². The predicted octanol–water partition coefficient (Wildman–Crippen LogP) is 3.53. The topological polar surface area (TPSA) is 6.48 Å². The number of hydrogen-bond acceptors (Lipinski definition) is 2. The second-order valence-corrected chi connectivity index (χ2v) is 6.43. The Morgan fingerprint density at radius 1 is 1.00 bits per heavy atom. The van der Waals surface area contributed by atoms with Crippen LogP contribution in [-0.4, -0.2) is 37.1 Å². The highest BCUT2D eigenvalue weighted by Gasteiger charge is 2.27. The van der Waals surface area contributed by atoms with Gasteiger partial charge in [0.25, 0.3) is 0 Å². The van der Waals surface area contributed by atoms with Gasteiger partial charge in [-0.2, -0.15) is 0 Å². The SMILES string of the molecule is CC1CCCC(N2CCN(c3ccc(F)cc3)CC2)C1. The van der Waals surface area contributed by atoms with Gasteiger partial charge in [-0.25, -0.2) is 4.39 Å². The summed E-state index contributed by atoms with van der Waals surface area (Å²) >= 11 is 0. The normalized spacial score (nSPS) is 28.6. The molecule has 1 saturated heterocycles. The van der Waals surface area contributed by atoms with E-state index in [2.05, 4.69) is 16.7 Å². The molecular weight excluding hydrogens is 251 g/mol. The fourth-order valence-electron chi connectivity index (χ4n) is 3.73. The van der Waals surface area contributed by atoms with Crippen LogP contribution in [0.4, 0.5) is 10.1 Å². The van der Waals surface area contributed by atoms with Crippen molar-refractivity contribution in [2.24, 2.45) is 5.92 Å². The number of halogens is 1. The van der Waals surface area contributed by atoms with Crippen LogP contribution in [0, 0.1) is 11.7 Å². The Labute approximate surface area is 121 Å². The van der Waals surface area contributed by atoms with Crippen molar-refractivity contribution < 1.29 is 4.39 Å². The molecule has 2 atom stereocenters. The van der Waals surface area contributed by atoms with Gasteiger partial charge >= 0.3 is 0 Å². The third-order valence-electron chi connectivity index (χ3n) is 4.93. The van der Waals surface area contributed by atoms with Crippen LogP contribution in [0.15, 0.2) is 24.3 Å². The molecule has 2 fully saturated rings. The monoisotopic (exact) mass is 276 g/mol. The number of anilines is 1. The molecule has 3 heteroatoms. The van der Waals surface area contributed by atoms with Gasteiger partial charge in [-0.1, -0.05) is 19.8 Å². The van der Waals surface area contributed by atoms with E-state index in [1.165, 1.54) is 25.7 Å². The zero-order valence-corrected chi connectivity index (χ0v) is 12.4. The maximum atomic E-state index is 13.0. The smallest absolute Gasteiger partial charge is 0.123 e. The number of hydrogen-bond donors (Lipinski definition) is 0. The lowest BCUT2D eigenvalue weighted by atomic mass is 9.86. The molecule has 20 heavy (non-hydrogen) atoms. The van der Waals surface area contributed by atoms with E-state index in [4.69, 9.17) is 0 Å². The van der Waals surface area contributed by atoms with Gasteiger partial charge in [0.2, 0.25) is 0 Å². The molecule has 2 unspecified atom stereocenters. The van der Waals surface area contributed by atoms with E-state index in [9.17, 15) is 4.39 Å². The molecule has 1 aromatic rings. The fourth-order valence-corrected chi connectivity index (χ4v) is 3.73. The van der Waals surface area contributed by atoms with E-state index in [1.54, 1.807) is 12.1 Å². The molecule has 3 rings (SSSR count). The summed E-state index contributed by atoms with van der Waals surface area (Å²) in [5, 5.41) is 0. The third kappa shape index (κ3) is 3.14. The maximum Gasteiger partial charge on any atom is 0.123 e. The van der Waals surface area contributed by atoms with Crippen molar-refractivity contribution in [3.05, 3.63) is 30.1 Å². The summed E-state index contributed by atoms with van der Waals surface area (Å²) < 4.78 is 13.0. The van der Waals surface area contributed by atoms with Gasteiger partial charge in [0.05, 0.1) is 0 Å². The molecule has 0 amide bonds. The summed E-state index contributed by atoms with van der Waals surface area (Å²) in [6.07, 6.45) is 5.55. The first-order chi connectivity index (χ1) is 9.72. The largest absolute Gasteiger partial charge is 0.369 e. The lowest BCUT2D eigenvalue weighted by molar-refractivity contribution is 0.127. The summed E-state index contributed by atoms with van der Waals surface area (Å²) in [4.78, 5) is 5.05. The van der Waals surface area contributed by atoms with Gasteiger partial charge in [0.15, 0.2) is 0 Å². The van der Waals surface area contributed by atoms with Gasteiger partial charge < -0.3 is 4.90 Å². The van der Waals surface area contributed by atoms with Crippen molar-refractivity contribution in [1.29, 1.82) is 0 Å². The molecule has 1 aromatic carbocycles. The van der Waals surface area contributed by atoms with Crippen molar-refractivity contribution >= 4 is 5.69 Å². The van der Waals surface area contributed by atoms with E-state index in [0.29, 0.717) is 0 Å². The number of piperazine rings is 1. The average Bonchev–Trinajstić information content (AvgIpc) is 2.48. The van der Waals surface area contributed by atoms with Crippen LogP contribution in [0.3, 0.4) is 0 Å². The Balaban J connectivity index is 1.55. The molecule has 0 N–H and O–H groups in total. The lowest BCUT2D eigenvalue weighted by Gasteiger charge is -2.42. The van der Waals surface area contributed by atoms with Crippen molar-refractivity contribution in [2.45, 2.75) is 38.6 Å². The fraction of sp³-hybridized carbons (Fsp3) is 0.647. The minimum Gasteiger partial charge on any atom is -0.369 e. The summed E-state index contributed by atoms with van der Waals surface area (Å²) in [7, 11) is 0. The first-order valence-corrected chi connectivity index (χ1v) is 7.97. The predicted molar refractivity (Wildman–Crippen MR) is 81.6 cm³/mol. The van der Waals surface area contributed by atoms with Gasteiger partial charge in [-0.3, -0.25) is 4.90 Å². The van der Waals surface area contributed by atoms with Crippen LogP contribution >= 0.6 is 0 Å². The molecule has 0 aromatic heterocycles. The average molecular weight is 276 g/mol. The van der Waals surface area contributed by atoms with E-state index in [1.807, 2.05) is 12.1 Å². The second kappa shape index (κ2) is 6.13. The molecule has 110 valence electrons. The summed E-state index contributed by atoms with van der Waals surface area (Å²) in [5.41, 5.74) is 1.16. The Kier molecular flexibility index (Phi) is 4.25. The van der Waals surface area contributed by atoms with E-state index < -0.39 is 0 Å². The van der Waals surface area contributed by atoms with Crippen LogP contribution in [0.25, 0.3) is 0 Å². The quantitative estimate of drug-likeness (QED) is 0.815. The summed E-state index contributed by atoms with van der Waals surface area (Å²) in [6.45, 7) is 6.82. The first-order valence-electron chi connectivity index (χ1n) is 7.97. The minimum absolute atomic E-state index is 0.149. The van der Waals surface area contributed by atoms with Gasteiger partial charge in [0.1, 0.15) is 5.82 Å². The maximum absolute atomic E-state index is 13.0. The molecule has 1 aliphatic heterocycles. The number of benzene rings is 1. The third-order valence-corrected chi connectivity index (χ3v) is 4.93. The highest BCUT2D eigenvalue weighted by molar-refractivity contribution is 5.46. The van der Waals surface area contributed by atoms with Crippen LogP contribution in [0.5, 0.6) is 0 Å². The van der Waals surface area contributed by atoms with Crippen LogP contribution in [-0.2, 0) is 0 Å². The highest BCUT2D eigenvalue weighted by atomic mass is 19.1. The zero-order valence-electron chi connectivity index (χ0n) is 12.4. The Morgan fingerprint density at radius 3 is 2.35 bits per heavy atom. The molecular formula is C17H25FN2. The van der Waals surface area contributed by atoms with Gasteiger partial charge in [-0.05, 0) is 43.0 Å². The molecule has 2 aliphatic rings. The Bertz CT molecular complexity index is 423. The zero-order chi connectivity index (χ0) is 13.9. The molecule has 2 nitrogen and oxygen atoms in total. The standard InChI is InChI=1S/C17H25FN2/c1-14-3-2-4-17(13-14)20-11-9-19(10-12-20)16-7-5-15(18)6-8-16/h5-8,14,17H,2-4,9-13H2,1H3. The summed E-state index contributed by atoms with van der Waals surface area (Å²) in [6, 6.07) is 7.71. The van der Waals surface area contributed by atoms with Crippen molar-refractivity contribution in [2.75, 3.05) is 31.1 Å². The first kappa shape index (κ1) is 13.9. The van der Waals surface area contributed by atoms with Crippen molar-refractivity contribution in [3.8, 4) is 0 Å². The molecule has 0 bridgehead atoms. The van der Waals surface area contributed by atoms with E-state index >= 15 is 0 Å². The minimum atomic E-state index is -0.149. The Morgan fingerprint density at radius 2 is 1.70 bits per heavy atom. The van der Waals surface area contributed by atoms with Gasteiger partial charge in [-0.15, -0.1) is 0 Å². The molecule has 0 spiro atoms. The highest BCUT2D eigenvalue weighted by Crippen LogP contribution is 2.28. The van der Waals surface area contributed by atoms with Gasteiger partial charge in [0, 0.05) is 37.9 Å². The van der Waals surface area contributed by atoms with E-state index in [0.717, 1.165) is 43.8 Å². The molecule has 1 heterocycles. The molecule has 1 aliphatic carbocycles. The Hall–Kier alpha value is -1.09. The molecule has 1 saturated carbocycles. The molecule has 0 radical (unpaired) electrons. The lowest BCUT2D eigenvalue weighted by Crippen LogP contribution is -2.51. The van der Waals surface area contributed by atoms with Crippen molar-refractivity contribution in [1.82, 2.24) is 4.90 Å². The van der Waals surface area contributed by atoms with Crippen LogP contribution in [0.1, 0.15) is 32.6 Å². The summed E-state index contributed by atoms with van der Waals surface area (Å²) in [5.74, 6) is 0.743. The van der Waals surface area contributed by atoms with E-state index in [-0.39, 0.29) is 5.82 Å². The number of rotatable bonds is 2.